The van der Waals surface area contributed by atoms with Crippen LogP contribution in [0.3, 0.4) is 0 Å². The number of non-ortho nitro benzene ring substituents is 1. The van der Waals surface area contributed by atoms with E-state index in [0.29, 0.717) is 39.4 Å². The number of hydrogen-bond acceptors (Lipinski definition) is 6. The maximum atomic E-state index is 12.3. The maximum absolute atomic E-state index is 12.3. The van der Waals surface area contributed by atoms with Gasteiger partial charge in [-0.05, 0) is 55.3 Å². The summed E-state index contributed by atoms with van der Waals surface area (Å²) in [6.07, 6.45) is 1.60. The van der Waals surface area contributed by atoms with Crippen molar-refractivity contribution in [2.45, 2.75) is 13.8 Å². The van der Waals surface area contributed by atoms with Crippen LogP contribution in [0.4, 0.5) is 11.4 Å². The number of ether oxygens (including phenoxy) is 2. The molecule has 3 aromatic carbocycles. The molecule has 0 saturated carbocycles. The van der Waals surface area contributed by atoms with Crippen LogP contribution in [0.15, 0.2) is 65.1 Å². The number of nitro benzene ring substituents is 1. The van der Waals surface area contributed by atoms with Crippen LogP contribution in [0, 0.1) is 28.4 Å². The summed E-state index contributed by atoms with van der Waals surface area (Å²) in [6.45, 7) is 3.90. The van der Waals surface area contributed by atoms with Crippen molar-refractivity contribution < 1.29 is 19.2 Å². The fourth-order valence-corrected chi connectivity index (χ4v) is 3.58. The van der Waals surface area contributed by atoms with Gasteiger partial charge in [-0.3, -0.25) is 14.9 Å². The number of halogens is 1. The second-order valence-corrected chi connectivity index (χ2v) is 8.29. The van der Waals surface area contributed by atoms with Crippen LogP contribution in [0.5, 0.6) is 11.5 Å². The summed E-state index contributed by atoms with van der Waals surface area (Å²) >= 11 is 3.47. The van der Waals surface area contributed by atoms with E-state index in [2.05, 4.69) is 27.3 Å². The van der Waals surface area contributed by atoms with E-state index in [-0.39, 0.29) is 23.8 Å². The molecule has 0 radical (unpaired) electrons. The van der Waals surface area contributed by atoms with Gasteiger partial charge in [0.25, 0.3) is 11.6 Å². The van der Waals surface area contributed by atoms with Crippen molar-refractivity contribution in [1.29, 1.82) is 5.26 Å². The number of benzene rings is 3. The lowest BCUT2D eigenvalue weighted by atomic mass is 10.0. The maximum Gasteiger partial charge on any atom is 0.270 e. The highest BCUT2D eigenvalue weighted by molar-refractivity contribution is 9.10. The van der Waals surface area contributed by atoms with Gasteiger partial charge < -0.3 is 14.8 Å². The molecule has 0 bridgehead atoms. The minimum atomic E-state index is -0.511. The first-order valence-corrected chi connectivity index (χ1v) is 11.4. The summed E-state index contributed by atoms with van der Waals surface area (Å²) in [5.41, 5.74) is 2.91. The van der Waals surface area contributed by atoms with Gasteiger partial charge in [0.1, 0.15) is 0 Å². The third-order valence-electron chi connectivity index (χ3n) is 4.85. The molecule has 0 aliphatic heterocycles. The number of aryl methyl sites for hydroxylation is 1. The molecule has 178 valence electrons. The minimum absolute atomic E-state index is 0.106. The highest BCUT2D eigenvalue weighted by atomic mass is 79.9. The molecule has 0 fully saturated rings. The summed E-state index contributed by atoms with van der Waals surface area (Å²) in [7, 11) is 0. The molecule has 0 heterocycles. The van der Waals surface area contributed by atoms with Crippen molar-refractivity contribution in [2.75, 3.05) is 18.5 Å². The zero-order valence-corrected chi connectivity index (χ0v) is 20.7. The third kappa shape index (κ3) is 6.91. The Hall–Kier alpha value is -4.16. The molecule has 0 aliphatic rings. The lowest BCUT2D eigenvalue weighted by molar-refractivity contribution is -0.384. The van der Waals surface area contributed by atoms with Crippen molar-refractivity contribution >= 4 is 44.9 Å². The quantitative estimate of drug-likeness (QED) is 0.152. The highest BCUT2D eigenvalue weighted by Crippen LogP contribution is 2.36. The number of rotatable bonds is 9. The van der Waals surface area contributed by atoms with Gasteiger partial charge in [0.15, 0.2) is 18.1 Å². The van der Waals surface area contributed by atoms with Crippen molar-refractivity contribution in [2.24, 2.45) is 0 Å². The fraction of sp³-hybridized carbons (Fsp3) is 0.154. The second-order valence-electron chi connectivity index (χ2n) is 7.43. The number of carbonyl (C=O) groups is 1. The molecule has 3 aromatic rings. The highest BCUT2D eigenvalue weighted by Gasteiger charge is 2.14. The summed E-state index contributed by atoms with van der Waals surface area (Å²) in [5.74, 6) is 0.416. The molecule has 0 aromatic heterocycles. The van der Waals surface area contributed by atoms with Crippen LogP contribution in [0.25, 0.3) is 11.6 Å². The number of nitro groups is 1. The van der Waals surface area contributed by atoms with E-state index in [1.54, 1.807) is 24.3 Å². The van der Waals surface area contributed by atoms with Gasteiger partial charge in [-0.1, -0.05) is 45.8 Å². The van der Waals surface area contributed by atoms with E-state index in [9.17, 15) is 20.2 Å². The van der Waals surface area contributed by atoms with E-state index in [1.165, 1.54) is 18.2 Å². The molecular weight excluding hydrogens is 514 g/mol. The monoisotopic (exact) mass is 535 g/mol. The summed E-state index contributed by atoms with van der Waals surface area (Å²) < 4.78 is 12.0. The molecular formula is C26H22BrN3O5. The standard InChI is InChI=1S/C26H22BrN3O5/c1-3-34-24-13-19(11-20(15-28)18-5-4-6-22(12-18)30(32)33)23(27)14-25(24)35-16-26(31)29-21-9-7-17(2)8-10-21/h4-14H,3,16H2,1-2H3,(H,29,31)/b20-11-. The molecule has 0 aliphatic carbocycles. The summed E-state index contributed by atoms with van der Waals surface area (Å²) in [6, 6.07) is 18.7. The number of nitriles is 1. The lowest BCUT2D eigenvalue weighted by Gasteiger charge is -2.14. The van der Waals surface area contributed by atoms with Crippen LogP contribution < -0.4 is 14.8 Å². The van der Waals surface area contributed by atoms with Gasteiger partial charge in [-0.15, -0.1) is 0 Å². The number of nitrogens with zero attached hydrogens (tertiary/aromatic N) is 2. The van der Waals surface area contributed by atoms with E-state index in [4.69, 9.17) is 9.47 Å². The van der Waals surface area contributed by atoms with Crippen LogP contribution >= 0.6 is 15.9 Å². The van der Waals surface area contributed by atoms with Gasteiger partial charge in [0.2, 0.25) is 0 Å². The summed E-state index contributed by atoms with van der Waals surface area (Å²) in [5, 5.41) is 23.5. The topological polar surface area (TPSA) is 114 Å². The molecule has 0 saturated heterocycles. The van der Waals surface area contributed by atoms with E-state index in [0.717, 1.165) is 5.56 Å². The first kappa shape index (κ1) is 25.5. The van der Waals surface area contributed by atoms with Crippen molar-refractivity contribution in [1.82, 2.24) is 0 Å². The molecule has 0 unspecified atom stereocenters. The molecule has 1 N–H and O–H groups in total. The Morgan fingerprint density at radius 2 is 1.86 bits per heavy atom. The zero-order chi connectivity index (χ0) is 25.4. The van der Waals surface area contributed by atoms with E-state index in [1.807, 2.05) is 38.1 Å². The molecule has 9 heteroatoms. The first-order valence-electron chi connectivity index (χ1n) is 10.6. The van der Waals surface area contributed by atoms with Crippen molar-refractivity contribution in [3.05, 3.63) is 91.9 Å². The predicted octanol–water partition coefficient (Wildman–Crippen LogP) is 6.15. The minimum Gasteiger partial charge on any atom is -0.490 e. The Labute approximate surface area is 211 Å². The van der Waals surface area contributed by atoms with Gasteiger partial charge in [0, 0.05) is 22.3 Å². The number of allylic oxidation sites excluding steroid dienone is 1. The van der Waals surface area contributed by atoms with Crippen molar-refractivity contribution in [3.8, 4) is 17.6 Å². The van der Waals surface area contributed by atoms with Crippen molar-refractivity contribution in [3.63, 3.8) is 0 Å². The van der Waals surface area contributed by atoms with Gasteiger partial charge >= 0.3 is 0 Å². The second kappa shape index (κ2) is 11.8. The van der Waals surface area contributed by atoms with Crippen LogP contribution in [0.1, 0.15) is 23.6 Å². The van der Waals surface area contributed by atoms with Crippen LogP contribution in [-0.2, 0) is 4.79 Å². The number of hydrogen-bond donors (Lipinski definition) is 1. The Morgan fingerprint density at radius 3 is 2.51 bits per heavy atom. The molecule has 35 heavy (non-hydrogen) atoms. The zero-order valence-electron chi connectivity index (χ0n) is 19.1. The molecule has 8 nitrogen and oxygen atoms in total. The largest absolute Gasteiger partial charge is 0.490 e. The number of anilines is 1. The number of carbonyl (C=O) groups excluding carboxylic acids is 1. The Kier molecular flexibility index (Phi) is 8.59. The van der Waals surface area contributed by atoms with Crippen LogP contribution in [0.2, 0.25) is 0 Å². The van der Waals surface area contributed by atoms with Gasteiger partial charge in [-0.25, -0.2) is 0 Å². The molecule has 1 amide bonds. The molecule has 0 atom stereocenters. The first-order chi connectivity index (χ1) is 16.8. The van der Waals surface area contributed by atoms with Gasteiger partial charge in [0.05, 0.1) is 23.2 Å². The fourth-order valence-electron chi connectivity index (χ4n) is 3.14. The van der Waals surface area contributed by atoms with E-state index >= 15 is 0 Å². The third-order valence-corrected chi connectivity index (χ3v) is 5.53. The van der Waals surface area contributed by atoms with Gasteiger partial charge in [-0.2, -0.15) is 5.26 Å². The predicted molar refractivity (Wildman–Crippen MR) is 137 cm³/mol. The SMILES string of the molecule is CCOc1cc(/C=C(/C#N)c2cccc([N+](=O)[O-])c2)c(Br)cc1OCC(=O)Nc1ccc(C)cc1. The normalized spacial score (nSPS) is 10.9. The van der Waals surface area contributed by atoms with E-state index < -0.39 is 4.92 Å². The smallest absolute Gasteiger partial charge is 0.270 e. The number of amides is 1. The summed E-state index contributed by atoms with van der Waals surface area (Å²) in [4.78, 5) is 22.9. The number of nitrogens with one attached hydrogen (secondary N) is 1. The van der Waals surface area contributed by atoms with Crippen LogP contribution in [-0.4, -0.2) is 24.0 Å². The Bertz CT molecular complexity index is 1310. The average molecular weight is 536 g/mol. The average Bonchev–Trinajstić information content (AvgIpc) is 2.84. The Balaban J connectivity index is 1.83. The molecule has 0 spiro atoms. The lowest BCUT2D eigenvalue weighted by Crippen LogP contribution is -2.20. The Morgan fingerprint density at radius 1 is 1.14 bits per heavy atom. The molecule has 3 rings (SSSR count).